The van der Waals surface area contributed by atoms with Crippen molar-refractivity contribution in [1.82, 2.24) is 19.9 Å². The molecule has 178 valence electrons. The summed E-state index contributed by atoms with van der Waals surface area (Å²) in [6, 6.07) is 18.0. The number of oxazole rings is 1. The van der Waals surface area contributed by atoms with Crippen LogP contribution in [0.5, 0.6) is 5.75 Å². The molecule has 2 aromatic carbocycles. The molecule has 1 atom stereocenters. The highest BCUT2D eigenvalue weighted by Crippen LogP contribution is 2.32. The maximum atomic E-state index is 13.5. The van der Waals surface area contributed by atoms with Crippen LogP contribution >= 0.6 is 0 Å². The number of hydrogen-bond donors (Lipinski definition) is 1. The number of carbonyl (C=O) groups is 1. The minimum absolute atomic E-state index is 0.114. The third kappa shape index (κ3) is 5.01. The fourth-order valence-electron chi connectivity index (χ4n) is 4.42. The molecule has 1 fully saturated rings. The zero-order valence-electron chi connectivity index (χ0n) is 19.4. The number of ether oxygens (including phenoxy) is 1. The molecule has 3 heterocycles. The molecule has 8 nitrogen and oxygen atoms in total. The molecule has 0 aliphatic carbocycles. The van der Waals surface area contributed by atoms with Crippen molar-refractivity contribution in [2.45, 2.75) is 31.7 Å². The minimum atomic E-state index is -0.368. The second-order valence-corrected chi connectivity index (χ2v) is 8.55. The van der Waals surface area contributed by atoms with Crippen LogP contribution in [-0.2, 0) is 6.42 Å². The lowest BCUT2D eigenvalue weighted by Gasteiger charge is -2.33. The number of rotatable bonds is 6. The van der Waals surface area contributed by atoms with Gasteiger partial charge in [-0.1, -0.05) is 42.5 Å². The number of aromatic nitrogens is 3. The van der Waals surface area contributed by atoms with Gasteiger partial charge in [0.15, 0.2) is 0 Å². The Labute approximate surface area is 202 Å². The largest absolute Gasteiger partial charge is 0.497 e. The zero-order valence-corrected chi connectivity index (χ0v) is 19.4. The molecule has 1 amide bonds. The number of aromatic amines is 1. The highest BCUT2D eigenvalue weighted by molar-refractivity contribution is 5.93. The normalized spacial score (nSPS) is 15.7. The van der Waals surface area contributed by atoms with E-state index >= 15 is 0 Å². The van der Waals surface area contributed by atoms with Crippen LogP contribution in [0.2, 0.25) is 0 Å². The van der Waals surface area contributed by atoms with E-state index in [1.807, 2.05) is 54.6 Å². The van der Waals surface area contributed by atoms with Crippen LogP contribution in [0.25, 0.3) is 11.4 Å². The van der Waals surface area contributed by atoms with Gasteiger partial charge in [0.2, 0.25) is 5.89 Å². The van der Waals surface area contributed by atoms with Crippen molar-refractivity contribution in [3.05, 3.63) is 100 Å². The van der Waals surface area contributed by atoms with E-state index in [1.54, 1.807) is 18.2 Å². The maximum Gasteiger partial charge on any atom is 0.273 e. The SMILES string of the molecule is COc1cccc(Cc2cnc([C@H]3CCCCN3C(=O)c3cc(=O)[nH]c(-c4ccccc4)n3)o2)c1. The van der Waals surface area contributed by atoms with Gasteiger partial charge in [0, 0.05) is 24.6 Å². The number of benzene rings is 2. The average molecular weight is 471 g/mol. The van der Waals surface area contributed by atoms with E-state index in [2.05, 4.69) is 15.0 Å². The molecular weight excluding hydrogens is 444 g/mol. The molecule has 0 radical (unpaired) electrons. The number of nitrogens with one attached hydrogen (secondary N) is 1. The molecule has 8 heteroatoms. The van der Waals surface area contributed by atoms with Crippen LogP contribution in [0.1, 0.15) is 53.0 Å². The summed E-state index contributed by atoms with van der Waals surface area (Å²) >= 11 is 0. The van der Waals surface area contributed by atoms with Crippen molar-refractivity contribution in [1.29, 1.82) is 0 Å². The van der Waals surface area contributed by atoms with E-state index in [0.29, 0.717) is 30.4 Å². The molecule has 1 N–H and O–H groups in total. The summed E-state index contributed by atoms with van der Waals surface area (Å²) in [4.78, 5) is 39.3. The predicted octanol–water partition coefficient (Wildman–Crippen LogP) is 4.39. The molecule has 1 saturated heterocycles. The fourth-order valence-corrected chi connectivity index (χ4v) is 4.42. The van der Waals surface area contributed by atoms with Gasteiger partial charge in [-0.2, -0.15) is 0 Å². The van der Waals surface area contributed by atoms with Gasteiger partial charge in [0.05, 0.1) is 13.3 Å². The molecule has 0 saturated carbocycles. The van der Waals surface area contributed by atoms with Gasteiger partial charge < -0.3 is 19.0 Å². The third-order valence-corrected chi connectivity index (χ3v) is 6.14. The summed E-state index contributed by atoms with van der Waals surface area (Å²) in [5.74, 6) is 2.07. The van der Waals surface area contributed by atoms with Crippen LogP contribution in [-0.4, -0.2) is 39.4 Å². The molecule has 1 aliphatic rings. The lowest BCUT2D eigenvalue weighted by Crippen LogP contribution is -2.39. The number of nitrogens with zero attached hydrogens (tertiary/aromatic N) is 3. The molecule has 35 heavy (non-hydrogen) atoms. The molecule has 0 bridgehead atoms. The molecule has 0 spiro atoms. The summed E-state index contributed by atoms with van der Waals surface area (Å²) in [5, 5.41) is 0. The predicted molar refractivity (Wildman–Crippen MR) is 130 cm³/mol. The lowest BCUT2D eigenvalue weighted by atomic mass is 10.0. The third-order valence-electron chi connectivity index (χ3n) is 6.14. The van der Waals surface area contributed by atoms with E-state index in [0.717, 1.165) is 36.1 Å². The first kappa shape index (κ1) is 22.6. The summed E-state index contributed by atoms with van der Waals surface area (Å²) < 4.78 is 11.4. The van der Waals surface area contributed by atoms with Crippen LogP contribution in [0.3, 0.4) is 0 Å². The Bertz CT molecular complexity index is 1380. The number of amides is 1. The standard InChI is InChI=1S/C27H26N4O4/c1-34-20-11-7-8-18(14-20)15-21-17-28-26(35-21)23-12-5-6-13-31(23)27(33)22-16-24(32)30-25(29-22)19-9-3-2-4-10-19/h2-4,7-11,14,16-17,23H,5-6,12-13,15H2,1H3,(H,29,30,32)/t23-/m1/s1. The summed E-state index contributed by atoms with van der Waals surface area (Å²) in [7, 11) is 1.64. The van der Waals surface area contributed by atoms with Gasteiger partial charge in [0.25, 0.3) is 11.5 Å². The smallest absolute Gasteiger partial charge is 0.273 e. The Morgan fingerprint density at radius 2 is 2.00 bits per heavy atom. The number of hydrogen-bond acceptors (Lipinski definition) is 6. The van der Waals surface area contributed by atoms with E-state index in [9.17, 15) is 9.59 Å². The summed E-state index contributed by atoms with van der Waals surface area (Å²) in [6.45, 7) is 0.548. The van der Waals surface area contributed by atoms with Crippen LogP contribution in [0, 0.1) is 0 Å². The monoisotopic (exact) mass is 470 g/mol. The maximum absolute atomic E-state index is 13.5. The highest BCUT2D eigenvalue weighted by Gasteiger charge is 2.33. The van der Waals surface area contributed by atoms with Gasteiger partial charge in [0.1, 0.15) is 29.1 Å². The molecule has 5 rings (SSSR count). The van der Waals surface area contributed by atoms with Crippen molar-refractivity contribution >= 4 is 5.91 Å². The van der Waals surface area contributed by atoms with Crippen molar-refractivity contribution < 1.29 is 13.9 Å². The average Bonchev–Trinajstić information content (AvgIpc) is 3.36. The van der Waals surface area contributed by atoms with Gasteiger partial charge in [-0.25, -0.2) is 9.97 Å². The van der Waals surface area contributed by atoms with Gasteiger partial charge >= 0.3 is 0 Å². The molecule has 0 unspecified atom stereocenters. The first-order valence-corrected chi connectivity index (χ1v) is 11.7. The zero-order chi connectivity index (χ0) is 24.2. The van der Waals surface area contributed by atoms with Crippen LogP contribution < -0.4 is 10.3 Å². The first-order valence-electron chi connectivity index (χ1n) is 11.7. The van der Waals surface area contributed by atoms with Gasteiger partial charge in [-0.15, -0.1) is 0 Å². The number of H-pyrrole nitrogens is 1. The molecule has 2 aromatic heterocycles. The Balaban J connectivity index is 1.39. The number of piperidine rings is 1. The lowest BCUT2D eigenvalue weighted by molar-refractivity contribution is 0.0563. The second kappa shape index (κ2) is 9.97. The Kier molecular flexibility index (Phi) is 6.43. The minimum Gasteiger partial charge on any atom is -0.497 e. The van der Waals surface area contributed by atoms with E-state index in [4.69, 9.17) is 9.15 Å². The van der Waals surface area contributed by atoms with Gasteiger partial charge in [-0.3, -0.25) is 9.59 Å². The van der Waals surface area contributed by atoms with Crippen molar-refractivity contribution in [2.24, 2.45) is 0 Å². The topological polar surface area (TPSA) is 101 Å². The molecule has 1 aliphatic heterocycles. The quantitative estimate of drug-likeness (QED) is 0.448. The van der Waals surface area contributed by atoms with Crippen molar-refractivity contribution in [3.8, 4) is 17.1 Å². The van der Waals surface area contributed by atoms with E-state index in [-0.39, 0.29) is 23.2 Å². The van der Waals surface area contributed by atoms with Crippen LogP contribution in [0.15, 0.2) is 76.1 Å². The number of carbonyl (C=O) groups excluding carboxylic acids is 1. The van der Waals surface area contributed by atoms with Gasteiger partial charge in [-0.05, 0) is 37.0 Å². The molecular formula is C27H26N4O4. The Morgan fingerprint density at radius 1 is 1.14 bits per heavy atom. The van der Waals surface area contributed by atoms with Crippen molar-refractivity contribution in [2.75, 3.05) is 13.7 Å². The van der Waals surface area contributed by atoms with Crippen LogP contribution in [0.4, 0.5) is 0 Å². The fraction of sp³-hybridized carbons (Fsp3) is 0.259. The number of likely N-dealkylation sites (tertiary alicyclic amines) is 1. The Morgan fingerprint density at radius 3 is 2.83 bits per heavy atom. The summed E-state index contributed by atoms with van der Waals surface area (Å²) in [6.07, 6.45) is 4.85. The Hall–Kier alpha value is -4.20. The molecule has 4 aromatic rings. The second-order valence-electron chi connectivity index (χ2n) is 8.55. The highest BCUT2D eigenvalue weighted by atomic mass is 16.5. The summed E-state index contributed by atoms with van der Waals surface area (Å²) in [5.41, 5.74) is 1.53. The van der Waals surface area contributed by atoms with Crippen molar-refractivity contribution in [3.63, 3.8) is 0 Å². The first-order chi connectivity index (χ1) is 17.1. The van der Waals surface area contributed by atoms with E-state index < -0.39 is 0 Å². The number of methoxy groups -OCH3 is 1. The van der Waals surface area contributed by atoms with E-state index in [1.165, 1.54) is 6.07 Å².